The summed E-state index contributed by atoms with van der Waals surface area (Å²) in [6.45, 7) is 0.538. The van der Waals surface area contributed by atoms with Crippen molar-refractivity contribution in [2.75, 3.05) is 45.1 Å². The summed E-state index contributed by atoms with van der Waals surface area (Å²) in [5.74, 6) is 2.08. The van der Waals surface area contributed by atoms with Crippen LogP contribution in [0.3, 0.4) is 0 Å². The van der Waals surface area contributed by atoms with E-state index >= 15 is 0 Å². The standard InChI is InChI=1S/C24H27N3O4/c1-26(2)18-9-7-17(8-10-18)25-24(28)27-12-11-16-14-19(29-3)15-21(30-4)22(16)23(27)20-6-5-13-31-20/h5-10,13-15,23H,11-12H2,1-4H3,(H,25,28). The fourth-order valence-electron chi connectivity index (χ4n) is 3.99. The van der Waals surface area contributed by atoms with Gasteiger partial charge in [-0.05, 0) is 54.4 Å². The van der Waals surface area contributed by atoms with Gasteiger partial charge in [-0.2, -0.15) is 0 Å². The number of amides is 2. The fourth-order valence-corrected chi connectivity index (χ4v) is 3.99. The highest BCUT2D eigenvalue weighted by Crippen LogP contribution is 2.43. The highest BCUT2D eigenvalue weighted by molar-refractivity contribution is 5.90. The van der Waals surface area contributed by atoms with Crippen LogP contribution >= 0.6 is 0 Å². The van der Waals surface area contributed by atoms with Crippen molar-refractivity contribution in [1.29, 1.82) is 0 Å². The molecule has 0 fully saturated rings. The van der Waals surface area contributed by atoms with E-state index in [4.69, 9.17) is 13.9 Å². The Morgan fingerprint density at radius 1 is 1.13 bits per heavy atom. The molecular formula is C24H27N3O4. The lowest BCUT2D eigenvalue weighted by molar-refractivity contribution is 0.183. The summed E-state index contributed by atoms with van der Waals surface area (Å²) in [5, 5.41) is 3.02. The number of urea groups is 1. The first kappa shape index (κ1) is 20.7. The van der Waals surface area contributed by atoms with E-state index in [1.165, 1.54) is 0 Å². The molecule has 2 amide bonds. The number of carbonyl (C=O) groups is 1. The third-order valence-electron chi connectivity index (χ3n) is 5.57. The van der Waals surface area contributed by atoms with Crippen molar-refractivity contribution < 1.29 is 18.7 Å². The van der Waals surface area contributed by atoms with Crippen LogP contribution in [0.2, 0.25) is 0 Å². The molecule has 0 saturated carbocycles. The lowest BCUT2D eigenvalue weighted by Crippen LogP contribution is -2.43. The number of carbonyl (C=O) groups excluding carboxylic acids is 1. The molecule has 1 atom stereocenters. The smallest absolute Gasteiger partial charge is 0.322 e. The predicted molar refractivity (Wildman–Crippen MR) is 120 cm³/mol. The van der Waals surface area contributed by atoms with Crippen LogP contribution in [0.15, 0.2) is 59.2 Å². The predicted octanol–water partition coefficient (Wildman–Crippen LogP) is 4.54. The maximum atomic E-state index is 13.3. The number of benzene rings is 2. The van der Waals surface area contributed by atoms with Crippen LogP contribution in [0.1, 0.15) is 22.9 Å². The molecule has 0 radical (unpaired) electrons. The molecule has 1 unspecified atom stereocenters. The Morgan fingerprint density at radius 2 is 1.90 bits per heavy atom. The molecule has 2 aromatic carbocycles. The molecule has 162 valence electrons. The zero-order valence-corrected chi connectivity index (χ0v) is 18.2. The number of nitrogens with zero attached hydrogens (tertiary/aromatic N) is 2. The van der Waals surface area contributed by atoms with E-state index in [0.717, 1.165) is 28.3 Å². The van der Waals surface area contributed by atoms with Crippen LogP contribution in [-0.4, -0.2) is 45.8 Å². The number of hydrogen-bond donors (Lipinski definition) is 1. The Labute approximate surface area is 182 Å². The number of fused-ring (bicyclic) bond motifs is 1. The van der Waals surface area contributed by atoms with Gasteiger partial charge in [-0.15, -0.1) is 0 Å². The molecular weight excluding hydrogens is 394 g/mol. The van der Waals surface area contributed by atoms with Crippen LogP contribution in [0.25, 0.3) is 0 Å². The van der Waals surface area contributed by atoms with Crippen molar-refractivity contribution in [3.05, 3.63) is 71.7 Å². The SMILES string of the molecule is COc1cc2c(c(OC)c1)C(c1ccco1)N(C(=O)Nc1ccc(N(C)C)cc1)CC2. The number of hydrogen-bond acceptors (Lipinski definition) is 5. The second-order valence-electron chi connectivity index (χ2n) is 7.64. The lowest BCUT2D eigenvalue weighted by Gasteiger charge is -2.37. The van der Waals surface area contributed by atoms with Gasteiger partial charge in [-0.25, -0.2) is 4.79 Å². The molecule has 3 aromatic rings. The molecule has 1 aliphatic rings. The molecule has 1 N–H and O–H groups in total. The molecule has 1 aliphatic heterocycles. The van der Waals surface area contributed by atoms with Gasteiger partial charge in [-0.1, -0.05) is 0 Å². The fraction of sp³-hybridized carbons (Fsp3) is 0.292. The summed E-state index contributed by atoms with van der Waals surface area (Å²) in [4.78, 5) is 17.1. The Balaban J connectivity index is 1.68. The van der Waals surface area contributed by atoms with E-state index in [1.54, 1.807) is 25.4 Å². The monoisotopic (exact) mass is 421 g/mol. The van der Waals surface area contributed by atoms with Crippen LogP contribution in [-0.2, 0) is 6.42 Å². The van der Waals surface area contributed by atoms with E-state index in [2.05, 4.69) is 5.32 Å². The van der Waals surface area contributed by atoms with Crippen LogP contribution in [0, 0.1) is 0 Å². The van der Waals surface area contributed by atoms with E-state index < -0.39 is 6.04 Å². The molecule has 0 spiro atoms. The van der Waals surface area contributed by atoms with Crippen molar-refractivity contribution in [3.8, 4) is 11.5 Å². The van der Waals surface area contributed by atoms with Crippen molar-refractivity contribution in [2.24, 2.45) is 0 Å². The van der Waals surface area contributed by atoms with Gasteiger partial charge in [0.1, 0.15) is 23.3 Å². The molecule has 4 rings (SSSR count). The van der Waals surface area contributed by atoms with E-state index in [9.17, 15) is 4.79 Å². The second-order valence-corrected chi connectivity index (χ2v) is 7.64. The second kappa shape index (κ2) is 8.63. The quantitative estimate of drug-likeness (QED) is 0.655. The summed E-state index contributed by atoms with van der Waals surface area (Å²) in [5.41, 5.74) is 3.80. The van der Waals surface area contributed by atoms with Gasteiger partial charge < -0.3 is 29.0 Å². The lowest BCUT2D eigenvalue weighted by atomic mass is 9.90. The number of anilines is 2. The average Bonchev–Trinajstić information content (AvgIpc) is 3.32. The summed E-state index contributed by atoms with van der Waals surface area (Å²) in [6.07, 6.45) is 2.31. The Bertz CT molecular complexity index is 1030. The maximum Gasteiger partial charge on any atom is 0.322 e. The van der Waals surface area contributed by atoms with Gasteiger partial charge in [0.15, 0.2) is 0 Å². The minimum Gasteiger partial charge on any atom is -0.497 e. The van der Waals surface area contributed by atoms with Gasteiger partial charge in [0.05, 0.1) is 20.5 Å². The molecule has 1 aromatic heterocycles. The zero-order valence-electron chi connectivity index (χ0n) is 18.2. The topological polar surface area (TPSA) is 67.2 Å². The summed E-state index contributed by atoms with van der Waals surface area (Å²) in [7, 11) is 7.22. The van der Waals surface area contributed by atoms with Gasteiger partial charge >= 0.3 is 6.03 Å². The Morgan fingerprint density at radius 3 is 2.52 bits per heavy atom. The average molecular weight is 421 g/mol. The van der Waals surface area contributed by atoms with E-state index in [1.807, 2.05) is 67.5 Å². The molecule has 0 aliphatic carbocycles. The molecule has 7 heteroatoms. The zero-order chi connectivity index (χ0) is 22.0. The highest BCUT2D eigenvalue weighted by Gasteiger charge is 2.36. The molecule has 7 nitrogen and oxygen atoms in total. The minimum atomic E-state index is -0.402. The first-order valence-electron chi connectivity index (χ1n) is 10.1. The first-order valence-corrected chi connectivity index (χ1v) is 10.1. The highest BCUT2D eigenvalue weighted by atomic mass is 16.5. The van der Waals surface area contributed by atoms with Gasteiger partial charge in [-0.3, -0.25) is 0 Å². The minimum absolute atomic E-state index is 0.192. The number of nitrogens with one attached hydrogen (secondary N) is 1. The number of methoxy groups -OCH3 is 2. The number of ether oxygens (including phenoxy) is 2. The number of rotatable bonds is 5. The summed E-state index contributed by atoms with van der Waals surface area (Å²) in [6, 6.07) is 14.7. The normalized spacial score (nSPS) is 15.2. The van der Waals surface area contributed by atoms with Crippen LogP contribution in [0.4, 0.5) is 16.2 Å². The number of furan rings is 1. The largest absolute Gasteiger partial charge is 0.497 e. The van der Waals surface area contributed by atoms with Crippen molar-refractivity contribution in [1.82, 2.24) is 4.90 Å². The van der Waals surface area contributed by atoms with Gasteiger partial charge in [0, 0.05) is 43.6 Å². The van der Waals surface area contributed by atoms with E-state index in [-0.39, 0.29) is 6.03 Å². The van der Waals surface area contributed by atoms with Gasteiger partial charge in [0.25, 0.3) is 0 Å². The Hall–Kier alpha value is -3.61. The summed E-state index contributed by atoms with van der Waals surface area (Å²) < 4.78 is 16.9. The third-order valence-corrected chi connectivity index (χ3v) is 5.57. The van der Waals surface area contributed by atoms with Crippen molar-refractivity contribution in [2.45, 2.75) is 12.5 Å². The Kier molecular flexibility index (Phi) is 5.75. The van der Waals surface area contributed by atoms with Crippen molar-refractivity contribution >= 4 is 17.4 Å². The van der Waals surface area contributed by atoms with Gasteiger partial charge in [0.2, 0.25) is 0 Å². The summed E-state index contributed by atoms with van der Waals surface area (Å²) >= 11 is 0. The van der Waals surface area contributed by atoms with Crippen molar-refractivity contribution in [3.63, 3.8) is 0 Å². The molecule has 31 heavy (non-hydrogen) atoms. The molecule has 0 bridgehead atoms. The third kappa shape index (κ3) is 4.03. The van der Waals surface area contributed by atoms with Crippen LogP contribution in [0.5, 0.6) is 11.5 Å². The van der Waals surface area contributed by atoms with E-state index in [0.29, 0.717) is 24.5 Å². The first-order chi connectivity index (χ1) is 15.0. The molecule has 0 saturated heterocycles. The maximum absolute atomic E-state index is 13.3. The molecule has 2 heterocycles. The van der Waals surface area contributed by atoms with Crippen LogP contribution < -0.4 is 19.7 Å².